The summed E-state index contributed by atoms with van der Waals surface area (Å²) in [4.78, 5) is 13.1. The number of aliphatic hydroxyl groups is 1. The number of hydrogen-bond donors (Lipinski definition) is 2. The van der Waals surface area contributed by atoms with Crippen LogP contribution in [0.2, 0.25) is 0 Å². The Kier molecular flexibility index (Phi) is 15.2. The number of hydrogen-bond acceptors (Lipinski definition) is 6. The van der Waals surface area contributed by atoms with Crippen LogP contribution in [0.1, 0.15) is 85.6 Å². The van der Waals surface area contributed by atoms with E-state index in [1.54, 1.807) is 0 Å². The molecule has 6 heteroatoms. The summed E-state index contributed by atoms with van der Waals surface area (Å²) in [5.41, 5.74) is 6.98. The summed E-state index contributed by atoms with van der Waals surface area (Å²) in [5, 5.41) is 7.88. The van der Waals surface area contributed by atoms with Crippen molar-refractivity contribution in [1.82, 2.24) is 0 Å². The standard InChI is InChI=1S/C22H37NO4.C3H8O/c1-7-10-11-18(20(24)27-22(4,5)6)19(21(25-8-2)26-9-3)16-12-14-17(23)15-13-16;1-2-3-4/h12-15,18-19,21H,7-11,23H2,1-6H3;4H,2-3H2,1H3. The third-order valence-corrected chi connectivity index (χ3v) is 4.51. The molecule has 0 saturated carbocycles. The number of rotatable bonds is 12. The second-order valence-electron chi connectivity index (χ2n) is 8.48. The van der Waals surface area contributed by atoms with Crippen LogP contribution in [0.15, 0.2) is 24.3 Å². The third-order valence-electron chi connectivity index (χ3n) is 4.51. The smallest absolute Gasteiger partial charge is 0.310 e. The van der Waals surface area contributed by atoms with E-state index in [9.17, 15) is 4.79 Å². The number of benzene rings is 1. The largest absolute Gasteiger partial charge is 0.460 e. The van der Waals surface area contributed by atoms with E-state index in [4.69, 9.17) is 25.1 Å². The predicted octanol–water partition coefficient (Wildman–Crippen LogP) is 5.29. The van der Waals surface area contributed by atoms with Crippen LogP contribution in [0.25, 0.3) is 0 Å². The second-order valence-corrected chi connectivity index (χ2v) is 8.48. The molecule has 0 heterocycles. The van der Waals surface area contributed by atoms with Crippen molar-refractivity contribution in [1.29, 1.82) is 0 Å². The molecule has 180 valence electrons. The summed E-state index contributed by atoms with van der Waals surface area (Å²) in [7, 11) is 0. The summed E-state index contributed by atoms with van der Waals surface area (Å²) in [6.45, 7) is 14.9. The number of esters is 1. The normalized spacial score (nSPS) is 13.3. The van der Waals surface area contributed by atoms with Gasteiger partial charge in [0.1, 0.15) is 5.60 Å². The van der Waals surface area contributed by atoms with Crippen LogP contribution in [0.5, 0.6) is 0 Å². The molecule has 0 bridgehead atoms. The average molecular weight is 440 g/mol. The van der Waals surface area contributed by atoms with Crippen molar-refractivity contribution in [2.24, 2.45) is 5.92 Å². The van der Waals surface area contributed by atoms with Crippen molar-refractivity contribution < 1.29 is 24.1 Å². The minimum atomic E-state index is -0.542. The molecule has 0 spiro atoms. The lowest BCUT2D eigenvalue weighted by Gasteiger charge is -2.34. The van der Waals surface area contributed by atoms with Crippen LogP contribution in [-0.2, 0) is 19.0 Å². The van der Waals surface area contributed by atoms with Crippen LogP contribution in [-0.4, -0.2) is 42.8 Å². The van der Waals surface area contributed by atoms with Crippen molar-refractivity contribution >= 4 is 11.7 Å². The second kappa shape index (κ2) is 16.1. The quantitative estimate of drug-likeness (QED) is 0.261. The number of anilines is 1. The monoisotopic (exact) mass is 439 g/mol. The van der Waals surface area contributed by atoms with Gasteiger partial charge in [0.25, 0.3) is 0 Å². The van der Waals surface area contributed by atoms with E-state index in [-0.39, 0.29) is 17.8 Å². The first-order valence-electron chi connectivity index (χ1n) is 11.6. The molecular formula is C25H45NO5. The van der Waals surface area contributed by atoms with Gasteiger partial charge in [-0.1, -0.05) is 38.8 Å². The van der Waals surface area contributed by atoms with Gasteiger partial charge in [-0.25, -0.2) is 0 Å². The first-order valence-corrected chi connectivity index (χ1v) is 11.6. The van der Waals surface area contributed by atoms with Gasteiger partial charge in [0, 0.05) is 31.4 Å². The molecule has 31 heavy (non-hydrogen) atoms. The summed E-state index contributed by atoms with van der Waals surface area (Å²) < 4.78 is 17.6. The van der Waals surface area contributed by atoms with Crippen molar-refractivity contribution in [3.8, 4) is 0 Å². The molecule has 0 fully saturated rings. The Morgan fingerprint density at radius 1 is 1.00 bits per heavy atom. The molecule has 0 saturated heterocycles. The molecule has 2 atom stereocenters. The SMILES string of the molecule is CCCCC(C(=O)OC(C)(C)C)C(c1ccc(N)cc1)C(OCC)OCC.CCCO. The van der Waals surface area contributed by atoms with E-state index in [1.165, 1.54) is 0 Å². The zero-order valence-corrected chi connectivity index (χ0v) is 20.6. The maximum atomic E-state index is 13.1. The number of nitrogens with two attached hydrogens (primary N) is 1. The highest BCUT2D eigenvalue weighted by Crippen LogP contribution is 2.36. The average Bonchev–Trinajstić information content (AvgIpc) is 2.71. The molecule has 2 unspecified atom stereocenters. The molecule has 1 aromatic rings. The molecule has 0 radical (unpaired) electrons. The minimum absolute atomic E-state index is 0.206. The third kappa shape index (κ3) is 12.1. The van der Waals surface area contributed by atoms with Crippen molar-refractivity contribution in [2.75, 3.05) is 25.6 Å². The van der Waals surface area contributed by atoms with Crippen LogP contribution < -0.4 is 5.73 Å². The topological polar surface area (TPSA) is 91.0 Å². The van der Waals surface area contributed by atoms with Gasteiger partial charge >= 0.3 is 5.97 Å². The number of nitrogen functional groups attached to an aromatic ring is 1. The van der Waals surface area contributed by atoms with E-state index in [1.807, 2.05) is 65.8 Å². The van der Waals surface area contributed by atoms with Gasteiger partial charge in [0.05, 0.1) is 5.92 Å². The van der Waals surface area contributed by atoms with Gasteiger partial charge in [0.15, 0.2) is 6.29 Å². The summed E-state index contributed by atoms with van der Waals surface area (Å²) in [6.07, 6.45) is 3.01. The molecule has 0 aromatic heterocycles. The summed E-state index contributed by atoms with van der Waals surface area (Å²) >= 11 is 0. The van der Waals surface area contributed by atoms with Gasteiger partial charge in [-0.05, 0) is 65.2 Å². The Balaban J connectivity index is 0.00000206. The van der Waals surface area contributed by atoms with Gasteiger partial charge in [-0.15, -0.1) is 0 Å². The molecule has 1 rings (SSSR count). The van der Waals surface area contributed by atoms with Gasteiger partial charge < -0.3 is 25.1 Å². The Labute approximate surface area is 189 Å². The zero-order valence-electron chi connectivity index (χ0n) is 20.6. The van der Waals surface area contributed by atoms with E-state index in [0.29, 0.717) is 25.5 Å². The van der Waals surface area contributed by atoms with Crippen LogP contribution in [0.4, 0.5) is 5.69 Å². The van der Waals surface area contributed by atoms with Gasteiger partial charge in [-0.2, -0.15) is 0 Å². The number of unbranched alkanes of at least 4 members (excludes halogenated alkanes) is 1. The van der Waals surface area contributed by atoms with E-state index in [0.717, 1.165) is 31.2 Å². The maximum Gasteiger partial charge on any atom is 0.310 e. The Morgan fingerprint density at radius 3 is 1.90 bits per heavy atom. The van der Waals surface area contributed by atoms with Crippen LogP contribution in [0, 0.1) is 5.92 Å². The molecular weight excluding hydrogens is 394 g/mol. The Hall–Kier alpha value is -1.63. The molecule has 0 aliphatic carbocycles. The van der Waals surface area contributed by atoms with E-state index in [2.05, 4.69) is 6.92 Å². The lowest BCUT2D eigenvalue weighted by atomic mass is 9.82. The van der Waals surface area contributed by atoms with E-state index >= 15 is 0 Å². The minimum Gasteiger partial charge on any atom is -0.460 e. The first-order chi connectivity index (χ1) is 14.6. The lowest BCUT2D eigenvalue weighted by Crippen LogP contribution is -2.38. The fourth-order valence-corrected chi connectivity index (χ4v) is 3.13. The highest BCUT2D eigenvalue weighted by atomic mass is 16.7. The molecule has 1 aromatic carbocycles. The fourth-order valence-electron chi connectivity index (χ4n) is 3.13. The van der Waals surface area contributed by atoms with Crippen molar-refractivity contribution in [3.63, 3.8) is 0 Å². The first kappa shape index (κ1) is 29.4. The van der Waals surface area contributed by atoms with Gasteiger partial charge in [0.2, 0.25) is 0 Å². The lowest BCUT2D eigenvalue weighted by molar-refractivity contribution is -0.180. The van der Waals surface area contributed by atoms with Crippen LogP contribution in [0.3, 0.4) is 0 Å². The summed E-state index contributed by atoms with van der Waals surface area (Å²) in [5.74, 6) is -0.815. The maximum absolute atomic E-state index is 13.1. The Morgan fingerprint density at radius 2 is 1.52 bits per heavy atom. The Bertz CT molecular complexity index is 575. The zero-order chi connectivity index (χ0) is 23.9. The molecule has 0 aliphatic heterocycles. The molecule has 0 amide bonds. The van der Waals surface area contributed by atoms with E-state index < -0.39 is 11.9 Å². The van der Waals surface area contributed by atoms with Crippen LogP contribution >= 0.6 is 0 Å². The van der Waals surface area contributed by atoms with Gasteiger partial charge in [-0.3, -0.25) is 4.79 Å². The molecule has 0 aliphatic rings. The fraction of sp³-hybridized carbons (Fsp3) is 0.720. The molecule has 3 N–H and O–H groups in total. The van der Waals surface area contributed by atoms with Crippen molar-refractivity contribution in [2.45, 2.75) is 92.0 Å². The number of ether oxygens (including phenoxy) is 3. The predicted molar refractivity (Wildman–Crippen MR) is 127 cm³/mol. The number of carbonyl (C=O) groups excluding carboxylic acids is 1. The number of carbonyl (C=O) groups is 1. The molecule has 6 nitrogen and oxygen atoms in total. The highest BCUT2D eigenvalue weighted by Gasteiger charge is 2.38. The highest BCUT2D eigenvalue weighted by molar-refractivity contribution is 5.74. The summed E-state index contributed by atoms with van der Waals surface area (Å²) in [6, 6.07) is 7.61. The van der Waals surface area contributed by atoms with Crippen molar-refractivity contribution in [3.05, 3.63) is 29.8 Å². The number of aliphatic hydroxyl groups excluding tert-OH is 1.